The summed E-state index contributed by atoms with van der Waals surface area (Å²) in [5.74, 6) is -1.02. The van der Waals surface area contributed by atoms with Crippen molar-refractivity contribution >= 4 is 11.7 Å². The van der Waals surface area contributed by atoms with Gasteiger partial charge < -0.3 is 10.6 Å². The molecule has 0 radical (unpaired) electrons. The molecule has 1 fully saturated rings. The first-order chi connectivity index (χ1) is 8.89. The van der Waals surface area contributed by atoms with Gasteiger partial charge in [0, 0.05) is 19.3 Å². The summed E-state index contributed by atoms with van der Waals surface area (Å²) in [6, 6.07) is 2.25. The maximum atomic E-state index is 12.9. The molecule has 0 unspecified atom stereocenters. The minimum atomic E-state index is -4.46. The van der Waals surface area contributed by atoms with E-state index < -0.39 is 23.6 Å². The molecule has 2 N–H and O–H groups in total. The van der Waals surface area contributed by atoms with Crippen molar-refractivity contribution in [2.24, 2.45) is 11.7 Å². The van der Waals surface area contributed by atoms with Crippen molar-refractivity contribution in [2.45, 2.75) is 19.0 Å². The van der Waals surface area contributed by atoms with Crippen molar-refractivity contribution in [3.05, 3.63) is 23.9 Å². The molecule has 1 saturated heterocycles. The predicted octanol–water partition coefficient (Wildman–Crippen LogP) is 1.80. The Hall–Kier alpha value is -1.79. The second-order valence-corrected chi connectivity index (χ2v) is 4.56. The highest BCUT2D eigenvalue weighted by atomic mass is 19.4. The van der Waals surface area contributed by atoms with Gasteiger partial charge in [0.15, 0.2) is 0 Å². The summed E-state index contributed by atoms with van der Waals surface area (Å²) < 4.78 is 38.7. The zero-order valence-electron chi connectivity index (χ0n) is 10.2. The molecule has 1 aliphatic rings. The van der Waals surface area contributed by atoms with Gasteiger partial charge in [-0.25, -0.2) is 4.98 Å². The molecule has 2 rings (SSSR count). The standard InChI is InChI=1S/C12H14F3N3O/c13-12(14,15)9-4-1-5-17-11(9)18-6-2-3-8(7-18)10(16)19/h1,4-5,8H,2-3,6-7H2,(H2,16,19)/t8-/m0/s1. The van der Waals surface area contributed by atoms with E-state index in [0.29, 0.717) is 19.4 Å². The predicted molar refractivity (Wildman–Crippen MR) is 63.4 cm³/mol. The first kappa shape index (κ1) is 13.6. The van der Waals surface area contributed by atoms with E-state index in [2.05, 4.69) is 4.98 Å². The minimum absolute atomic E-state index is 0.124. The van der Waals surface area contributed by atoms with Gasteiger partial charge >= 0.3 is 6.18 Å². The molecule has 1 amide bonds. The summed E-state index contributed by atoms with van der Waals surface area (Å²) in [5, 5.41) is 0. The van der Waals surface area contributed by atoms with Crippen molar-refractivity contribution in [3.8, 4) is 0 Å². The number of alkyl halides is 3. The first-order valence-electron chi connectivity index (χ1n) is 5.96. The third kappa shape index (κ3) is 2.97. The SMILES string of the molecule is NC(=O)[C@H]1CCCN(c2ncccc2C(F)(F)F)C1. The van der Waals surface area contributed by atoms with Crippen LogP contribution in [0.2, 0.25) is 0 Å². The van der Waals surface area contributed by atoms with Crippen molar-refractivity contribution in [1.82, 2.24) is 4.98 Å². The number of nitrogens with two attached hydrogens (primary N) is 1. The van der Waals surface area contributed by atoms with E-state index in [1.165, 1.54) is 17.2 Å². The summed E-state index contributed by atoms with van der Waals surface area (Å²) >= 11 is 0. The number of amides is 1. The summed E-state index contributed by atoms with van der Waals surface area (Å²) in [6.07, 6.45) is -1.90. The number of hydrogen-bond acceptors (Lipinski definition) is 3. The normalized spacial score (nSPS) is 20.4. The average Bonchev–Trinajstić information content (AvgIpc) is 2.38. The number of pyridine rings is 1. The van der Waals surface area contributed by atoms with Crippen molar-refractivity contribution in [3.63, 3.8) is 0 Å². The van der Waals surface area contributed by atoms with Gasteiger partial charge in [0.25, 0.3) is 0 Å². The van der Waals surface area contributed by atoms with Gasteiger partial charge in [0.2, 0.25) is 5.91 Å². The number of nitrogens with zero attached hydrogens (tertiary/aromatic N) is 2. The van der Waals surface area contributed by atoms with Crippen molar-refractivity contribution in [2.75, 3.05) is 18.0 Å². The Morgan fingerprint density at radius 3 is 2.84 bits per heavy atom. The van der Waals surface area contributed by atoms with E-state index in [-0.39, 0.29) is 12.4 Å². The number of primary amides is 1. The molecule has 4 nitrogen and oxygen atoms in total. The summed E-state index contributed by atoms with van der Waals surface area (Å²) in [7, 11) is 0. The highest BCUT2D eigenvalue weighted by Crippen LogP contribution is 2.36. The van der Waals surface area contributed by atoms with E-state index in [1.807, 2.05) is 0 Å². The molecule has 7 heteroatoms. The van der Waals surface area contributed by atoms with Crippen LogP contribution >= 0.6 is 0 Å². The Balaban J connectivity index is 2.29. The Labute approximate surface area is 108 Å². The fourth-order valence-electron chi connectivity index (χ4n) is 2.27. The third-order valence-corrected chi connectivity index (χ3v) is 3.22. The first-order valence-corrected chi connectivity index (χ1v) is 5.96. The number of carbonyl (C=O) groups excluding carboxylic acids is 1. The molecule has 1 aromatic heterocycles. The molecular formula is C12H14F3N3O. The van der Waals surface area contributed by atoms with Crippen LogP contribution in [0.4, 0.5) is 19.0 Å². The van der Waals surface area contributed by atoms with E-state index >= 15 is 0 Å². The largest absolute Gasteiger partial charge is 0.419 e. The topological polar surface area (TPSA) is 59.2 Å². The Morgan fingerprint density at radius 2 is 2.21 bits per heavy atom. The average molecular weight is 273 g/mol. The van der Waals surface area contributed by atoms with Gasteiger partial charge in [-0.2, -0.15) is 13.2 Å². The van der Waals surface area contributed by atoms with Crippen LogP contribution in [0.1, 0.15) is 18.4 Å². The lowest BCUT2D eigenvalue weighted by molar-refractivity contribution is -0.137. The van der Waals surface area contributed by atoms with Crippen molar-refractivity contribution < 1.29 is 18.0 Å². The number of aromatic nitrogens is 1. The van der Waals surface area contributed by atoms with E-state index in [1.54, 1.807) is 0 Å². The van der Waals surface area contributed by atoms with Gasteiger partial charge in [-0.1, -0.05) is 0 Å². The van der Waals surface area contributed by atoms with Gasteiger partial charge in [-0.05, 0) is 25.0 Å². The number of rotatable bonds is 2. The molecular weight excluding hydrogens is 259 g/mol. The van der Waals surface area contributed by atoms with Gasteiger partial charge in [-0.3, -0.25) is 4.79 Å². The second-order valence-electron chi connectivity index (χ2n) is 4.56. The fourth-order valence-corrected chi connectivity index (χ4v) is 2.27. The summed E-state index contributed by atoms with van der Waals surface area (Å²) in [6.45, 7) is 0.638. The zero-order valence-corrected chi connectivity index (χ0v) is 10.2. The molecule has 0 spiro atoms. The van der Waals surface area contributed by atoms with Crippen LogP contribution in [0, 0.1) is 5.92 Å². The molecule has 19 heavy (non-hydrogen) atoms. The van der Waals surface area contributed by atoms with Gasteiger partial charge in [0.1, 0.15) is 5.82 Å². The Morgan fingerprint density at radius 1 is 1.47 bits per heavy atom. The molecule has 1 aliphatic heterocycles. The summed E-state index contributed by atoms with van der Waals surface area (Å²) in [4.78, 5) is 16.5. The molecule has 0 bridgehead atoms. The maximum absolute atomic E-state index is 12.9. The number of anilines is 1. The van der Waals surface area contributed by atoms with Crippen LogP contribution in [0.5, 0.6) is 0 Å². The van der Waals surface area contributed by atoms with E-state index in [4.69, 9.17) is 5.73 Å². The fraction of sp³-hybridized carbons (Fsp3) is 0.500. The van der Waals surface area contributed by atoms with Crippen LogP contribution < -0.4 is 10.6 Å². The lowest BCUT2D eigenvalue weighted by atomic mass is 9.97. The smallest absolute Gasteiger partial charge is 0.369 e. The molecule has 1 atom stereocenters. The molecule has 0 aromatic carbocycles. The van der Waals surface area contributed by atoms with Gasteiger partial charge in [0.05, 0.1) is 11.5 Å². The monoisotopic (exact) mass is 273 g/mol. The number of hydrogen-bond donors (Lipinski definition) is 1. The summed E-state index contributed by atoms with van der Waals surface area (Å²) in [5.41, 5.74) is 4.45. The van der Waals surface area contributed by atoms with Gasteiger partial charge in [-0.15, -0.1) is 0 Å². The van der Waals surface area contributed by atoms with Crippen LogP contribution in [0.25, 0.3) is 0 Å². The lowest BCUT2D eigenvalue weighted by Gasteiger charge is -2.33. The highest BCUT2D eigenvalue weighted by Gasteiger charge is 2.37. The number of piperidine rings is 1. The van der Waals surface area contributed by atoms with Crippen LogP contribution in [-0.2, 0) is 11.0 Å². The van der Waals surface area contributed by atoms with Crippen LogP contribution in [-0.4, -0.2) is 24.0 Å². The molecule has 104 valence electrons. The van der Waals surface area contributed by atoms with Crippen molar-refractivity contribution in [1.29, 1.82) is 0 Å². The Kier molecular flexibility index (Phi) is 3.64. The van der Waals surface area contributed by atoms with Crippen LogP contribution in [0.15, 0.2) is 18.3 Å². The second kappa shape index (κ2) is 5.07. The number of halogens is 3. The molecule has 1 aromatic rings. The highest BCUT2D eigenvalue weighted by molar-refractivity contribution is 5.77. The minimum Gasteiger partial charge on any atom is -0.369 e. The van der Waals surface area contributed by atoms with Crippen LogP contribution in [0.3, 0.4) is 0 Å². The number of carbonyl (C=O) groups is 1. The molecule has 2 heterocycles. The van der Waals surface area contributed by atoms with E-state index in [9.17, 15) is 18.0 Å². The molecule has 0 saturated carbocycles. The quantitative estimate of drug-likeness (QED) is 0.894. The van der Waals surface area contributed by atoms with E-state index in [0.717, 1.165) is 6.07 Å². The third-order valence-electron chi connectivity index (χ3n) is 3.22. The zero-order chi connectivity index (χ0) is 14.0. The lowest BCUT2D eigenvalue weighted by Crippen LogP contribution is -2.42. The molecule has 0 aliphatic carbocycles. The maximum Gasteiger partial charge on any atom is 0.419 e. The Bertz CT molecular complexity index is 476.